The molecule has 0 spiro atoms. The zero-order chi connectivity index (χ0) is 13.3. The van der Waals surface area contributed by atoms with Crippen LogP contribution in [0, 0.1) is 0 Å². The molecule has 0 aliphatic heterocycles. The molecule has 108 valence electrons. The molecule has 1 atom stereocenters. The topological polar surface area (TPSA) is 25.2 Å². The minimum atomic E-state index is 0.587. The maximum atomic E-state index is 5.18. The second-order valence-corrected chi connectivity index (χ2v) is 6.91. The van der Waals surface area contributed by atoms with Gasteiger partial charge in [0.25, 0.3) is 0 Å². The highest BCUT2D eigenvalue weighted by atomic mass is 32.2. The first-order chi connectivity index (χ1) is 9.38. The van der Waals surface area contributed by atoms with E-state index in [1.54, 1.807) is 6.26 Å². The van der Waals surface area contributed by atoms with Crippen LogP contribution in [0.15, 0.2) is 23.0 Å². The Labute approximate surface area is 121 Å². The lowest BCUT2D eigenvalue weighted by atomic mass is 10.0. The number of furan rings is 1. The fraction of sp³-hybridized carbons (Fsp3) is 0.750. The van der Waals surface area contributed by atoms with Crippen molar-refractivity contribution < 1.29 is 4.42 Å². The van der Waals surface area contributed by atoms with Crippen molar-refractivity contribution in [2.45, 2.75) is 63.2 Å². The number of thioether (sulfide) groups is 1. The largest absolute Gasteiger partial charge is 0.472 e. The second kappa shape index (κ2) is 8.70. The van der Waals surface area contributed by atoms with Gasteiger partial charge in [0, 0.05) is 17.0 Å². The molecule has 1 aromatic heterocycles. The van der Waals surface area contributed by atoms with Crippen molar-refractivity contribution in [3.63, 3.8) is 0 Å². The molecule has 0 bridgehead atoms. The summed E-state index contributed by atoms with van der Waals surface area (Å²) < 4.78 is 5.18. The number of nitrogens with one attached hydrogen (secondary N) is 1. The summed E-state index contributed by atoms with van der Waals surface area (Å²) in [6.45, 7) is 3.35. The van der Waals surface area contributed by atoms with Crippen LogP contribution in [0.2, 0.25) is 0 Å². The van der Waals surface area contributed by atoms with Crippen molar-refractivity contribution >= 4 is 11.8 Å². The third-order valence-corrected chi connectivity index (χ3v) is 5.37. The monoisotopic (exact) mass is 281 g/mol. The third-order valence-electron chi connectivity index (χ3n) is 3.83. The highest BCUT2D eigenvalue weighted by molar-refractivity contribution is 7.99. The van der Waals surface area contributed by atoms with E-state index in [1.807, 2.05) is 6.26 Å². The Morgan fingerprint density at radius 2 is 2.21 bits per heavy atom. The average molecular weight is 281 g/mol. The zero-order valence-corrected chi connectivity index (χ0v) is 12.9. The molecule has 0 radical (unpaired) electrons. The minimum absolute atomic E-state index is 0.587. The van der Waals surface area contributed by atoms with Crippen LogP contribution in [0.3, 0.4) is 0 Å². The van der Waals surface area contributed by atoms with Gasteiger partial charge in [-0.25, -0.2) is 0 Å². The third kappa shape index (κ3) is 5.62. The van der Waals surface area contributed by atoms with Gasteiger partial charge in [0.05, 0.1) is 12.5 Å². The van der Waals surface area contributed by atoms with Crippen LogP contribution in [0.1, 0.15) is 51.0 Å². The molecule has 0 saturated heterocycles. The lowest BCUT2D eigenvalue weighted by Gasteiger charge is -2.24. The zero-order valence-electron chi connectivity index (χ0n) is 12.1. The van der Waals surface area contributed by atoms with Crippen molar-refractivity contribution in [1.29, 1.82) is 0 Å². The molecule has 1 heterocycles. The van der Waals surface area contributed by atoms with Crippen LogP contribution in [-0.4, -0.2) is 23.6 Å². The summed E-state index contributed by atoms with van der Waals surface area (Å²) in [6.07, 6.45) is 13.1. The first kappa shape index (κ1) is 15.0. The van der Waals surface area contributed by atoms with Gasteiger partial charge in [-0.1, -0.05) is 26.2 Å². The van der Waals surface area contributed by atoms with Crippen LogP contribution >= 0.6 is 11.8 Å². The van der Waals surface area contributed by atoms with E-state index in [1.165, 1.54) is 49.8 Å². The van der Waals surface area contributed by atoms with Crippen LogP contribution in [0.4, 0.5) is 0 Å². The summed E-state index contributed by atoms with van der Waals surface area (Å²) in [4.78, 5) is 0. The van der Waals surface area contributed by atoms with E-state index in [0.29, 0.717) is 6.04 Å². The van der Waals surface area contributed by atoms with E-state index < -0.39 is 0 Å². The molecule has 1 N–H and O–H groups in total. The highest BCUT2D eigenvalue weighted by Gasteiger charge is 2.17. The molecule has 1 unspecified atom stereocenters. The van der Waals surface area contributed by atoms with Crippen LogP contribution in [0.25, 0.3) is 0 Å². The first-order valence-corrected chi connectivity index (χ1v) is 8.79. The normalized spacial score (nSPS) is 18.6. The molecule has 0 aromatic carbocycles. The lowest BCUT2D eigenvalue weighted by Crippen LogP contribution is -2.34. The van der Waals surface area contributed by atoms with Crippen molar-refractivity contribution in [3.8, 4) is 0 Å². The van der Waals surface area contributed by atoms with Gasteiger partial charge in [-0.05, 0) is 43.9 Å². The van der Waals surface area contributed by atoms with Crippen LogP contribution in [0.5, 0.6) is 0 Å². The maximum absolute atomic E-state index is 5.18. The van der Waals surface area contributed by atoms with Gasteiger partial charge in [-0.2, -0.15) is 11.8 Å². The Hall–Kier alpha value is -0.410. The van der Waals surface area contributed by atoms with E-state index in [-0.39, 0.29) is 0 Å². The predicted octanol–water partition coefficient (Wildman–Crippen LogP) is 4.26. The van der Waals surface area contributed by atoms with Crippen molar-refractivity contribution in [2.75, 3.05) is 12.3 Å². The van der Waals surface area contributed by atoms with Crippen LogP contribution in [-0.2, 0) is 6.42 Å². The molecule has 3 heteroatoms. The minimum Gasteiger partial charge on any atom is -0.472 e. The van der Waals surface area contributed by atoms with Crippen molar-refractivity contribution in [3.05, 3.63) is 24.2 Å². The van der Waals surface area contributed by atoms with Gasteiger partial charge in [0.1, 0.15) is 0 Å². The summed E-state index contributed by atoms with van der Waals surface area (Å²) in [7, 11) is 0. The molecule has 1 fully saturated rings. The summed E-state index contributed by atoms with van der Waals surface area (Å²) in [5.74, 6) is 1.23. The molecule has 1 saturated carbocycles. The van der Waals surface area contributed by atoms with E-state index in [9.17, 15) is 0 Å². The summed E-state index contributed by atoms with van der Waals surface area (Å²) in [5.41, 5.74) is 1.32. The van der Waals surface area contributed by atoms with E-state index in [0.717, 1.165) is 18.2 Å². The molecule has 1 aliphatic carbocycles. The van der Waals surface area contributed by atoms with Gasteiger partial charge in [-0.15, -0.1) is 0 Å². The SMILES string of the molecule is CCCNC(CSC1CCCCC1)Cc1ccoc1. The average Bonchev–Trinajstić information content (AvgIpc) is 2.96. The van der Waals surface area contributed by atoms with Gasteiger partial charge >= 0.3 is 0 Å². The molecule has 1 aliphatic rings. The van der Waals surface area contributed by atoms with Gasteiger partial charge < -0.3 is 9.73 Å². The molecule has 2 rings (SSSR count). The molecule has 2 nitrogen and oxygen atoms in total. The van der Waals surface area contributed by atoms with Gasteiger partial charge in [0.2, 0.25) is 0 Å². The lowest BCUT2D eigenvalue weighted by molar-refractivity contribution is 0.510. The van der Waals surface area contributed by atoms with Crippen molar-refractivity contribution in [1.82, 2.24) is 5.32 Å². The van der Waals surface area contributed by atoms with E-state index in [2.05, 4.69) is 30.1 Å². The standard InChI is InChI=1S/C16H27NOS/c1-2-9-17-15(11-14-8-10-18-12-14)13-19-16-6-4-3-5-7-16/h8,10,12,15-17H,2-7,9,11,13H2,1H3. The highest BCUT2D eigenvalue weighted by Crippen LogP contribution is 2.28. The molecule has 0 amide bonds. The quantitative estimate of drug-likeness (QED) is 0.771. The molecular formula is C16H27NOS. The van der Waals surface area contributed by atoms with Gasteiger partial charge in [-0.3, -0.25) is 0 Å². The Morgan fingerprint density at radius 1 is 1.37 bits per heavy atom. The summed E-state index contributed by atoms with van der Waals surface area (Å²) >= 11 is 2.18. The van der Waals surface area contributed by atoms with Crippen molar-refractivity contribution in [2.24, 2.45) is 0 Å². The number of hydrogen-bond donors (Lipinski definition) is 1. The fourth-order valence-electron chi connectivity index (χ4n) is 2.72. The first-order valence-electron chi connectivity index (χ1n) is 7.74. The predicted molar refractivity (Wildman–Crippen MR) is 83.8 cm³/mol. The Morgan fingerprint density at radius 3 is 2.89 bits per heavy atom. The molecule has 1 aromatic rings. The Bertz CT molecular complexity index is 319. The maximum Gasteiger partial charge on any atom is 0.0935 e. The Kier molecular flexibility index (Phi) is 6.86. The molecular weight excluding hydrogens is 254 g/mol. The van der Waals surface area contributed by atoms with E-state index in [4.69, 9.17) is 4.42 Å². The fourth-order valence-corrected chi connectivity index (χ4v) is 4.12. The number of hydrogen-bond acceptors (Lipinski definition) is 3. The number of rotatable bonds is 8. The smallest absolute Gasteiger partial charge is 0.0935 e. The van der Waals surface area contributed by atoms with Gasteiger partial charge in [0.15, 0.2) is 0 Å². The Balaban J connectivity index is 1.75. The molecule has 19 heavy (non-hydrogen) atoms. The van der Waals surface area contributed by atoms with Crippen LogP contribution < -0.4 is 5.32 Å². The second-order valence-electron chi connectivity index (χ2n) is 5.58. The summed E-state index contributed by atoms with van der Waals surface area (Å²) in [5, 5.41) is 4.59. The summed E-state index contributed by atoms with van der Waals surface area (Å²) in [6, 6.07) is 2.68. The van der Waals surface area contributed by atoms with E-state index >= 15 is 0 Å².